The van der Waals surface area contributed by atoms with Crippen LogP contribution in [0.1, 0.15) is 73.6 Å². The molecule has 0 fully saturated rings. The SMILES string of the molecule is CC(C)(C)c1cc(N(c2ccc(-c3ccccc3)cc2)c2ccc3c(c2)C(C)(C)c2ccccc2-3)cc2c1-c1ccccc1C21c2ccccc2-c2ccccc21. The van der Waals surface area contributed by atoms with Gasteiger partial charge < -0.3 is 4.90 Å². The first-order valence-corrected chi connectivity index (χ1v) is 20.4. The second-order valence-corrected chi connectivity index (χ2v) is 17.7. The maximum atomic E-state index is 2.54. The van der Waals surface area contributed by atoms with Gasteiger partial charge in [-0.25, -0.2) is 0 Å². The Morgan fingerprint density at radius 3 is 1.44 bits per heavy atom. The van der Waals surface area contributed by atoms with E-state index in [-0.39, 0.29) is 10.8 Å². The van der Waals surface area contributed by atoms with E-state index in [1.54, 1.807) is 0 Å². The molecule has 3 aliphatic carbocycles. The predicted octanol–water partition coefficient (Wildman–Crippen LogP) is 14.8. The lowest BCUT2D eigenvalue weighted by atomic mass is 9.70. The molecule has 0 unspecified atom stereocenters. The van der Waals surface area contributed by atoms with Crippen LogP contribution in [0, 0.1) is 0 Å². The van der Waals surface area contributed by atoms with E-state index in [2.05, 4.69) is 222 Å². The molecule has 1 heteroatoms. The van der Waals surface area contributed by atoms with Crippen molar-refractivity contribution in [2.24, 2.45) is 0 Å². The van der Waals surface area contributed by atoms with Crippen LogP contribution in [-0.2, 0) is 16.2 Å². The highest BCUT2D eigenvalue weighted by Gasteiger charge is 2.53. The smallest absolute Gasteiger partial charge is 0.0726 e. The first-order valence-electron chi connectivity index (χ1n) is 20.4. The van der Waals surface area contributed by atoms with Crippen LogP contribution in [0.5, 0.6) is 0 Å². The van der Waals surface area contributed by atoms with Crippen molar-refractivity contribution in [2.45, 2.75) is 50.9 Å². The predicted molar refractivity (Wildman–Crippen MR) is 239 cm³/mol. The summed E-state index contributed by atoms with van der Waals surface area (Å²) >= 11 is 0. The fourth-order valence-corrected chi connectivity index (χ4v) is 10.6. The van der Waals surface area contributed by atoms with Gasteiger partial charge in [-0.3, -0.25) is 0 Å². The van der Waals surface area contributed by atoms with Crippen LogP contribution < -0.4 is 4.90 Å². The summed E-state index contributed by atoms with van der Waals surface area (Å²) in [6, 6.07) is 68.5. The van der Waals surface area contributed by atoms with Gasteiger partial charge >= 0.3 is 0 Å². The molecule has 57 heavy (non-hydrogen) atoms. The maximum absolute atomic E-state index is 2.54. The normalized spacial score (nSPS) is 14.7. The van der Waals surface area contributed by atoms with Crippen LogP contribution >= 0.6 is 0 Å². The van der Waals surface area contributed by atoms with Gasteiger partial charge in [-0.2, -0.15) is 0 Å². The zero-order chi connectivity index (χ0) is 38.7. The van der Waals surface area contributed by atoms with E-state index in [4.69, 9.17) is 0 Å². The van der Waals surface area contributed by atoms with E-state index in [1.165, 1.54) is 94.8 Å². The molecule has 0 heterocycles. The van der Waals surface area contributed by atoms with E-state index in [1.807, 2.05) is 0 Å². The van der Waals surface area contributed by atoms with Gasteiger partial charge in [0, 0.05) is 22.5 Å². The average Bonchev–Trinajstić information content (AvgIpc) is 3.80. The van der Waals surface area contributed by atoms with Gasteiger partial charge in [-0.15, -0.1) is 0 Å². The third-order valence-electron chi connectivity index (χ3n) is 13.2. The molecule has 0 bridgehead atoms. The molecule has 0 amide bonds. The quantitative estimate of drug-likeness (QED) is 0.174. The largest absolute Gasteiger partial charge is 0.310 e. The average molecular weight is 732 g/mol. The van der Waals surface area contributed by atoms with Crippen LogP contribution in [0.25, 0.3) is 44.5 Å². The second kappa shape index (κ2) is 12.0. The van der Waals surface area contributed by atoms with Gasteiger partial charge in [-0.05, 0) is 125 Å². The van der Waals surface area contributed by atoms with E-state index in [0.29, 0.717) is 0 Å². The third kappa shape index (κ3) is 4.69. The van der Waals surface area contributed by atoms with Gasteiger partial charge in [0.05, 0.1) is 5.41 Å². The topological polar surface area (TPSA) is 3.24 Å². The van der Waals surface area contributed by atoms with E-state index in [9.17, 15) is 0 Å². The molecular formula is C56H45N. The number of fused-ring (bicyclic) bond motifs is 13. The van der Waals surface area contributed by atoms with Crippen molar-refractivity contribution in [3.05, 3.63) is 221 Å². The van der Waals surface area contributed by atoms with Crippen molar-refractivity contribution >= 4 is 17.1 Å². The van der Waals surface area contributed by atoms with E-state index < -0.39 is 5.41 Å². The summed E-state index contributed by atoms with van der Waals surface area (Å²) < 4.78 is 0. The number of hydrogen-bond acceptors (Lipinski definition) is 1. The molecule has 11 rings (SSSR count). The van der Waals surface area contributed by atoms with Gasteiger partial charge in [-0.1, -0.05) is 180 Å². The minimum atomic E-state index is -0.445. The third-order valence-corrected chi connectivity index (χ3v) is 13.2. The Kier molecular flexibility index (Phi) is 7.15. The van der Waals surface area contributed by atoms with Gasteiger partial charge in [0.15, 0.2) is 0 Å². The van der Waals surface area contributed by atoms with Gasteiger partial charge in [0.1, 0.15) is 0 Å². The minimum Gasteiger partial charge on any atom is -0.310 e. The van der Waals surface area contributed by atoms with Crippen LogP contribution in [0.2, 0.25) is 0 Å². The maximum Gasteiger partial charge on any atom is 0.0726 e. The molecule has 0 N–H and O–H groups in total. The van der Waals surface area contributed by atoms with Crippen molar-refractivity contribution in [1.82, 2.24) is 0 Å². The summed E-state index contributed by atoms with van der Waals surface area (Å²) in [5.41, 5.74) is 22.8. The van der Waals surface area contributed by atoms with Crippen molar-refractivity contribution in [1.29, 1.82) is 0 Å². The minimum absolute atomic E-state index is 0.123. The van der Waals surface area contributed by atoms with Crippen LogP contribution in [-0.4, -0.2) is 0 Å². The summed E-state index contributed by atoms with van der Waals surface area (Å²) in [6.45, 7) is 11.9. The number of benzene rings is 8. The fourth-order valence-electron chi connectivity index (χ4n) is 10.6. The van der Waals surface area contributed by atoms with Crippen molar-refractivity contribution in [3.63, 3.8) is 0 Å². The molecule has 8 aromatic rings. The highest BCUT2D eigenvalue weighted by atomic mass is 15.1. The Bertz CT molecular complexity index is 2860. The molecule has 1 nitrogen and oxygen atoms in total. The first kappa shape index (κ1) is 33.9. The molecule has 274 valence electrons. The Morgan fingerprint density at radius 1 is 0.368 bits per heavy atom. The summed E-state index contributed by atoms with van der Waals surface area (Å²) in [5.74, 6) is 0. The number of nitrogens with zero attached hydrogens (tertiary/aromatic N) is 1. The summed E-state index contributed by atoms with van der Waals surface area (Å²) in [7, 11) is 0. The summed E-state index contributed by atoms with van der Waals surface area (Å²) in [4.78, 5) is 2.52. The zero-order valence-corrected chi connectivity index (χ0v) is 33.3. The Balaban J connectivity index is 1.21. The Morgan fingerprint density at radius 2 is 0.825 bits per heavy atom. The standard InChI is InChI=1S/C56H45N/c1-54(2,3)51-34-40(35-52-53(51)45-22-12-16-26-49(45)56(52)47-24-14-10-20-42(47)43-21-11-15-25-48(43)56)57(38-29-27-37(28-30-38)36-17-7-6-8-18-36)39-31-32-44-41-19-9-13-23-46(41)55(4,5)50(44)33-39/h6-35H,1-5H3. The van der Waals surface area contributed by atoms with Crippen molar-refractivity contribution in [2.75, 3.05) is 4.90 Å². The van der Waals surface area contributed by atoms with E-state index >= 15 is 0 Å². The van der Waals surface area contributed by atoms with Crippen LogP contribution in [0.4, 0.5) is 17.1 Å². The number of anilines is 3. The van der Waals surface area contributed by atoms with Crippen LogP contribution in [0.3, 0.4) is 0 Å². The lowest BCUT2D eigenvalue weighted by Crippen LogP contribution is -2.27. The van der Waals surface area contributed by atoms with Crippen molar-refractivity contribution in [3.8, 4) is 44.5 Å². The molecule has 0 aromatic heterocycles. The summed E-state index contributed by atoms with van der Waals surface area (Å²) in [5, 5.41) is 0. The van der Waals surface area contributed by atoms with Gasteiger partial charge in [0.25, 0.3) is 0 Å². The molecule has 3 aliphatic rings. The lowest BCUT2D eigenvalue weighted by Gasteiger charge is -2.34. The number of hydrogen-bond donors (Lipinski definition) is 0. The molecule has 0 aliphatic heterocycles. The molecule has 0 saturated carbocycles. The Hall–Kier alpha value is -6.44. The molecule has 1 spiro atoms. The highest BCUT2D eigenvalue weighted by Crippen LogP contribution is 2.65. The highest BCUT2D eigenvalue weighted by molar-refractivity contribution is 5.98. The van der Waals surface area contributed by atoms with Crippen molar-refractivity contribution < 1.29 is 0 Å². The zero-order valence-electron chi connectivity index (χ0n) is 33.3. The van der Waals surface area contributed by atoms with Crippen LogP contribution in [0.15, 0.2) is 182 Å². The Labute approximate surface area is 336 Å². The second-order valence-electron chi connectivity index (χ2n) is 17.7. The molecule has 0 radical (unpaired) electrons. The first-order chi connectivity index (χ1) is 27.7. The molecule has 8 aromatic carbocycles. The monoisotopic (exact) mass is 731 g/mol. The fraction of sp³-hybridized carbons (Fsp3) is 0.143. The molecule has 0 saturated heterocycles. The van der Waals surface area contributed by atoms with E-state index in [0.717, 1.165) is 5.69 Å². The molecular weight excluding hydrogens is 687 g/mol. The van der Waals surface area contributed by atoms with Gasteiger partial charge in [0.2, 0.25) is 0 Å². The number of rotatable bonds is 4. The molecule has 0 atom stereocenters. The summed E-state index contributed by atoms with van der Waals surface area (Å²) in [6.07, 6.45) is 0. The lowest BCUT2D eigenvalue weighted by molar-refractivity contribution is 0.591.